The first-order valence-electron chi connectivity index (χ1n) is 9.85. The molecule has 28 heavy (non-hydrogen) atoms. The van der Waals surface area contributed by atoms with Crippen LogP contribution in [0, 0.1) is 5.82 Å². The van der Waals surface area contributed by atoms with E-state index in [1.54, 1.807) is 17.0 Å². The molecule has 3 heterocycles. The molecule has 2 aromatic rings. The third kappa shape index (κ3) is 3.58. The molecule has 2 aliphatic heterocycles. The van der Waals surface area contributed by atoms with Crippen LogP contribution in [0.1, 0.15) is 32.5 Å². The van der Waals surface area contributed by atoms with E-state index in [0.717, 1.165) is 12.2 Å². The van der Waals surface area contributed by atoms with Gasteiger partial charge in [-0.3, -0.25) is 0 Å². The minimum Gasteiger partial charge on any atom is -0.372 e. The van der Waals surface area contributed by atoms with E-state index in [4.69, 9.17) is 4.74 Å². The van der Waals surface area contributed by atoms with Gasteiger partial charge >= 0.3 is 6.03 Å². The number of aromatic nitrogens is 1. The molecule has 6 nitrogen and oxygen atoms in total. The Morgan fingerprint density at radius 3 is 2.61 bits per heavy atom. The van der Waals surface area contributed by atoms with Gasteiger partial charge in [0.15, 0.2) is 0 Å². The summed E-state index contributed by atoms with van der Waals surface area (Å²) in [6.07, 6.45) is 2.15. The summed E-state index contributed by atoms with van der Waals surface area (Å²) in [5.41, 5.74) is 2.12. The van der Waals surface area contributed by atoms with Crippen LogP contribution in [0.3, 0.4) is 0 Å². The second-order valence-corrected chi connectivity index (χ2v) is 7.75. The Labute approximate surface area is 164 Å². The molecule has 0 unspecified atom stereocenters. The normalized spacial score (nSPS) is 24.8. The molecule has 150 valence electrons. The first-order chi connectivity index (χ1) is 13.4. The topological polar surface area (TPSA) is 49.7 Å². The maximum Gasteiger partial charge on any atom is 0.322 e. The first kappa shape index (κ1) is 18.8. The molecular formula is C21H27FN4O2. The standard InChI is InChI=1S/C21H27FN4O2/c1-14-12-25(13-15(2)28-14)20-7-6-17(11-18(20)22)23-21(27)26-10-9-24-8-4-5-19(24)16(26)3/h4-8,11,14-16H,9-10,12-13H2,1-3H3,(H,23,27)/t14-,15-,16-/m1/s1. The quantitative estimate of drug-likeness (QED) is 0.853. The fraction of sp³-hybridized carbons (Fsp3) is 0.476. The predicted octanol–water partition coefficient (Wildman–Crippen LogP) is 3.85. The van der Waals surface area contributed by atoms with Crippen molar-refractivity contribution < 1.29 is 13.9 Å². The number of amides is 2. The zero-order valence-electron chi connectivity index (χ0n) is 16.6. The lowest BCUT2D eigenvalue weighted by Gasteiger charge is -2.37. The van der Waals surface area contributed by atoms with Crippen LogP contribution in [0.4, 0.5) is 20.6 Å². The van der Waals surface area contributed by atoms with Crippen molar-refractivity contribution in [1.82, 2.24) is 9.47 Å². The van der Waals surface area contributed by atoms with E-state index in [0.29, 0.717) is 31.0 Å². The maximum absolute atomic E-state index is 14.8. The molecule has 4 rings (SSSR count). The monoisotopic (exact) mass is 386 g/mol. The van der Waals surface area contributed by atoms with E-state index in [1.165, 1.54) is 6.07 Å². The van der Waals surface area contributed by atoms with Crippen molar-refractivity contribution in [3.8, 4) is 0 Å². The first-order valence-corrected chi connectivity index (χ1v) is 9.85. The molecular weight excluding hydrogens is 359 g/mol. The van der Waals surface area contributed by atoms with Crippen molar-refractivity contribution in [3.05, 3.63) is 48.0 Å². The summed E-state index contributed by atoms with van der Waals surface area (Å²) in [4.78, 5) is 16.5. The van der Waals surface area contributed by atoms with Crippen LogP contribution >= 0.6 is 0 Å². The van der Waals surface area contributed by atoms with Gasteiger partial charge in [-0.05, 0) is 51.1 Å². The average Bonchev–Trinajstić information content (AvgIpc) is 3.11. The Kier molecular flexibility index (Phi) is 5.02. The molecule has 0 radical (unpaired) electrons. The Morgan fingerprint density at radius 2 is 1.89 bits per heavy atom. The second-order valence-electron chi connectivity index (χ2n) is 7.75. The molecule has 0 spiro atoms. The molecule has 1 aromatic carbocycles. The summed E-state index contributed by atoms with van der Waals surface area (Å²) < 4.78 is 22.6. The highest BCUT2D eigenvalue weighted by atomic mass is 19.1. The molecule has 0 aliphatic carbocycles. The minimum absolute atomic E-state index is 0.0239. The Morgan fingerprint density at radius 1 is 1.14 bits per heavy atom. The number of carbonyl (C=O) groups is 1. The number of hydrogen-bond donors (Lipinski definition) is 1. The Hall–Kier alpha value is -2.54. The van der Waals surface area contributed by atoms with Gasteiger partial charge in [0, 0.05) is 43.8 Å². The molecule has 1 fully saturated rings. The van der Waals surface area contributed by atoms with Gasteiger partial charge in [-0.1, -0.05) is 0 Å². The van der Waals surface area contributed by atoms with Crippen LogP contribution in [0.25, 0.3) is 0 Å². The lowest BCUT2D eigenvalue weighted by molar-refractivity contribution is -0.00539. The molecule has 1 N–H and O–H groups in total. The van der Waals surface area contributed by atoms with Gasteiger partial charge in [0.05, 0.1) is 23.9 Å². The van der Waals surface area contributed by atoms with Crippen LogP contribution in [-0.2, 0) is 11.3 Å². The van der Waals surface area contributed by atoms with Gasteiger partial charge in [-0.15, -0.1) is 0 Å². The molecule has 7 heteroatoms. The van der Waals surface area contributed by atoms with Gasteiger partial charge < -0.3 is 24.4 Å². The van der Waals surface area contributed by atoms with Crippen molar-refractivity contribution in [1.29, 1.82) is 0 Å². The number of carbonyl (C=O) groups excluding carboxylic acids is 1. The van der Waals surface area contributed by atoms with Crippen molar-refractivity contribution in [2.75, 3.05) is 29.9 Å². The zero-order chi connectivity index (χ0) is 19.8. The average molecular weight is 386 g/mol. The van der Waals surface area contributed by atoms with E-state index in [2.05, 4.69) is 9.88 Å². The zero-order valence-corrected chi connectivity index (χ0v) is 16.6. The van der Waals surface area contributed by atoms with Crippen LogP contribution in [0.5, 0.6) is 0 Å². The number of rotatable bonds is 2. The highest BCUT2D eigenvalue weighted by Gasteiger charge is 2.28. The van der Waals surface area contributed by atoms with Gasteiger partial charge in [-0.25, -0.2) is 9.18 Å². The highest BCUT2D eigenvalue weighted by Crippen LogP contribution is 2.28. The Bertz CT molecular complexity index is 858. The Balaban J connectivity index is 1.46. The third-order valence-corrected chi connectivity index (χ3v) is 5.56. The van der Waals surface area contributed by atoms with E-state index in [-0.39, 0.29) is 30.1 Å². The maximum atomic E-state index is 14.8. The number of morpholine rings is 1. The number of benzene rings is 1. The van der Waals surface area contributed by atoms with Gasteiger partial charge in [0.1, 0.15) is 5.82 Å². The molecule has 1 aromatic heterocycles. The molecule has 2 amide bonds. The molecule has 2 aliphatic rings. The number of nitrogens with zero attached hydrogens (tertiary/aromatic N) is 3. The lowest BCUT2D eigenvalue weighted by Crippen LogP contribution is -2.45. The van der Waals surface area contributed by atoms with Crippen molar-refractivity contribution in [3.63, 3.8) is 0 Å². The minimum atomic E-state index is -0.334. The summed E-state index contributed by atoms with van der Waals surface area (Å²) in [7, 11) is 0. The molecule has 0 saturated carbocycles. The van der Waals surface area contributed by atoms with Crippen LogP contribution < -0.4 is 10.2 Å². The van der Waals surface area contributed by atoms with E-state index in [9.17, 15) is 9.18 Å². The third-order valence-electron chi connectivity index (χ3n) is 5.56. The number of nitrogens with one attached hydrogen (secondary N) is 1. The number of hydrogen-bond acceptors (Lipinski definition) is 3. The van der Waals surface area contributed by atoms with Gasteiger partial charge in [0.25, 0.3) is 0 Å². The van der Waals surface area contributed by atoms with Crippen molar-refractivity contribution in [2.45, 2.75) is 45.6 Å². The largest absolute Gasteiger partial charge is 0.372 e. The number of urea groups is 1. The van der Waals surface area contributed by atoms with Crippen molar-refractivity contribution in [2.24, 2.45) is 0 Å². The SMILES string of the molecule is C[C@@H]1CN(c2ccc(NC(=O)N3CCn4cccc4[C@H]3C)cc2F)C[C@@H](C)O1. The molecule has 3 atom stereocenters. The second kappa shape index (κ2) is 7.47. The van der Waals surface area contributed by atoms with Gasteiger partial charge in [-0.2, -0.15) is 0 Å². The molecule has 0 bridgehead atoms. The highest BCUT2D eigenvalue weighted by molar-refractivity contribution is 5.90. The van der Waals surface area contributed by atoms with E-state index in [1.807, 2.05) is 44.0 Å². The molecule has 1 saturated heterocycles. The summed E-state index contributed by atoms with van der Waals surface area (Å²) in [6, 6.07) is 8.69. The summed E-state index contributed by atoms with van der Waals surface area (Å²) >= 11 is 0. The fourth-order valence-corrected chi connectivity index (χ4v) is 4.27. The lowest BCUT2D eigenvalue weighted by atomic mass is 10.1. The van der Waals surface area contributed by atoms with E-state index >= 15 is 0 Å². The summed E-state index contributed by atoms with van der Waals surface area (Å²) in [6.45, 7) is 8.68. The van der Waals surface area contributed by atoms with Crippen LogP contribution in [0.15, 0.2) is 36.5 Å². The summed E-state index contributed by atoms with van der Waals surface area (Å²) in [5, 5.41) is 2.85. The smallest absolute Gasteiger partial charge is 0.322 e. The fourth-order valence-electron chi connectivity index (χ4n) is 4.27. The number of anilines is 2. The number of ether oxygens (including phenoxy) is 1. The van der Waals surface area contributed by atoms with Crippen LogP contribution in [0.2, 0.25) is 0 Å². The van der Waals surface area contributed by atoms with E-state index < -0.39 is 0 Å². The number of fused-ring (bicyclic) bond motifs is 1. The van der Waals surface area contributed by atoms with Crippen LogP contribution in [-0.4, -0.2) is 47.3 Å². The van der Waals surface area contributed by atoms with Gasteiger partial charge in [0.2, 0.25) is 0 Å². The summed E-state index contributed by atoms with van der Waals surface area (Å²) in [5.74, 6) is -0.334. The predicted molar refractivity (Wildman–Crippen MR) is 107 cm³/mol. The number of halogens is 1. The van der Waals surface area contributed by atoms with Crippen molar-refractivity contribution >= 4 is 17.4 Å².